The Balaban J connectivity index is 1.84. The standard InChI is InChI=1S/C21H18ClN3O3/c1-2-28-21(27)19-18-12-24(11-14-6-4-3-5-7-14)20(26)16-10-15(22)8-9-17(16)25(18)13-23-19/h3-10,13H,2,11-12H2,1H3. The van der Waals surface area contributed by atoms with Crippen molar-refractivity contribution in [2.45, 2.75) is 20.0 Å². The zero-order valence-corrected chi connectivity index (χ0v) is 16.0. The summed E-state index contributed by atoms with van der Waals surface area (Å²) in [5, 5.41) is 0.473. The first-order valence-corrected chi connectivity index (χ1v) is 9.32. The lowest BCUT2D eigenvalue weighted by Crippen LogP contribution is -2.29. The average Bonchev–Trinajstić information content (AvgIpc) is 3.07. The Bertz CT molecular complexity index is 1050. The Morgan fingerprint density at radius 1 is 1.21 bits per heavy atom. The number of ether oxygens (including phenoxy) is 1. The van der Waals surface area contributed by atoms with Crippen LogP contribution in [0.5, 0.6) is 0 Å². The van der Waals surface area contributed by atoms with Crippen molar-refractivity contribution in [1.29, 1.82) is 0 Å². The van der Waals surface area contributed by atoms with E-state index in [9.17, 15) is 9.59 Å². The van der Waals surface area contributed by atoms with Gasteiger partial charge in [0.05, 0.1) is 30.1 Å². The van der Waals surface area contributed by atoms with E-state index in [0.29, 0.717) is 28.5 Å². The van der Waals surface area contributed by atoms with Crippen molar-refractivity contribution in [3.63, 3.8) is 0 Å². The average molecular weight is 396 g/mol. The first kappa shape index (κ1) is 18.3. The van der Waals surface area contributed by atoms with Gasteiger partial charge < -0.3 is 9.64 Å². The van der Waals surface area contributed by atoms with Gasteiger partial charge in [-0.05, 0) is 30.7 Å². The number of carbonyl (C=O) groups is 2. The Labute approximate surface area is 167 Å². The van der Waals surface area contributed by atoms with Gasteiger partial charge in [0, 0.05) is 11.6 Å². The van der Waals surface area contributed by atoms with Gasteiger partial charge in [0.15, 0.2) is 5.69 Å². The summed E-state index contributed by atoms with van der Waals surface area (Å²) in [6.45, 7) is 2.63. The van der Waals surface area contributed by atoms with Gasteiger partial charge in [-0.1, -0.05) is 41.9 Å². The molecular formula is C21H18ClN3O3. The van der Waals surface area contributed by atoms with Gasteiger partial charge in [-0.2, -0.15) is 0 Å². The molecule has 142 valence electrons. The molecule has 0 N–H and O–H groups in total. The SMILES string of the molecule is CCOC(=O)c1ncn2c1CN(Cc1ccccc1)C(=O)c1cc(Cl)ccc1-2. The zero-order valence-electron chi connectivity index (χ0n) is 15.3. The number of esters is 1. The van der Waals surface area contributed by atoms with Crippen LogP contribution in [0.4, 0.5) is 0 Å². The predicted octanol–water partition coefficient (Wildman–Crippen LogP) is 3.86. The van der Waals surface area contributed by atoms with Crippen molar-refractivity contribution in [1.82, 2.24) is 14.5 Å². The largest absolute Gasteiger partial charge is 0.461 e. The highest BCUT2D eigenvalue weighted by Gasteiger charge is 2.30. The van der Waals surface area contributed by atoms with Gasteiger partial charge in [-0.15, -0.1) is 0 Å². The van der Waals surface area contributed by atoms with Crippen molar-refractivity contribution in [2.75, 3.05) is 6.61 Å². The molecule has 1 aliphatic heterocycles. The molecule has 0 spiro atoms. The fourth-order valence-corrected chi connectivity index (χ4v) is 3.52. The van der Waals surface area contributed by atoms with Crippen LogP contribution in [-0.4, -0.2) is 32.9 Å². The number of imidazole rings is 1. The lowest BCUT2D eigenvalue weighted by molar-refractivity contribution is 0.0514. The van der Waals surface area contributed by atoms with Crippen molar-refractivity contribution < 1.29 is 14.3 Å². The van der Waals surface area contributed by atoms with E-state index >= 15 is 0 Å². The van der Waals surface area contributed by atoms with E-state index in [2.05, 4.69) is 4.98 Å². The molecule has 1 aliphatic rings. The molecular weight excluding hydrogens is 378 g/mol. The van der Waals surface area contributed by atoms with Gasteiger partial charge >= 0.3 is 5.97 Å². The highest BCUT2D eigenvalue weighted by Crippen LogP contribution is 2.29. The van der Waals surface area contributed by atoms with Crippen LogP contribution in [0.3, 0.4) is 0 Å². The number of halogens is 1. The number of amides is 1. The number of nitrogens with zero attached hydrogens (tertiary/aromatic N) is 3. The van der Waals surface area contributed by atoms with E-state index in [0.717, 1.165) is 5.56 Å². The van der Waals surface area contributed by atoms with E-state index in [4.69, 9.17) is 16.3 Å². The van der Waals surface area contributed by atoms with E-state index < -0.39 is 5.97 Å². The number of rotatable bonds is 4. The fourth-order valence-electron chi connectivity index (χ4n) is 3.35. The molecule has 0 unspecified atom stereocenters. The topological polar surface area (TPSA) is 64.4 Å². The number of fused-ring (bicyclic) bond motifs is 3. The monoisotopic (exact) mass is 395 g/mol. The van der Waals surface area contributed by atoms with Gasteiger partial charge in [0.1, 0.15) is 6.33 Å². The Kier molecular flexibility index (Phi) is 4.88. The van der Waals surface area contributed by atoms with Crippen LogP contribution in [0, 0.1) is 0 Å². The molecule has 3 aromatic rings. The van der Waals surface area contributed by atoms with Gasteiger partial charge in [0.25, 0.3) is 5.91 Å². The number of hydrogen-bond donors (Lipinski definition) is 0. The predicted molar refractivity (Wildman–Crippen MR) is 105 cm³/mol. The van der Waals surface area contributed by atoms with Crippen LogP contribution >= 0.6 is 11.6 Å². The summed E-state index contributed by atoms with van der Waals surface area (Å²) >= 11 is 6.16. The maximum Gasteiger partial charge on any atom is 0.358 e. The highest BCUT2D eigenvalue weighted by molar-refractivity contribution is 6.31. The molecule has 0 atom stereocenters. The van der Waals surface area contributed by atoms with E-state index in [1.165, 1.54) is 0 Å². The third-order valence-corrected chi connectivity index (χ3v) is 4.86. The zero-order chi connectivity index (χ0) is 19.7. The molecule has 6 nitrogen and oxygen atoms in total. The Morgan fingerprint density at radius 2 is 2.00 bits per heavy atom. The first-order chi connectivity index (χ1) is 13.6. The summed E-state index contributed by atoms with van der Waals surface area (Å²) in [5.41, 5.74) is 2.93. The Hall–Kier alpha value is -3.12. The first-order valence-electron chi connectivity index (χ1n) is 8.95. The molecule has 0 fully saturated rings. The molecule has 0 saturated heterocycles. The summed E-state index contributed by atoms with van der Waals surface area (Å²) in [6, 6.07) is 14.8. The van der Waals surface area contributed by atoms with Gasteiger partial charge in [-0.3, -0.25) is 9.36 Å². The molecule has 0 radical (unpaired) electrons. The van der Waals surface area contributed by atoms with E-state index in [1.807, 2.05) is 30.3 Å². The van der Waals surface area contributed by atoms with Crippen LogP contribution in [0.1, 0.15) is 39.0 Å². The smallest absolute Gasteiger partial charge is 0.358 e. The second-order valence-electron chi connectivity index (χ2n) is 6.44. The van der Waals surface area contributed by atoms with Crippen molar-refractivity contribution in [3.8, 4) is 5.69 Å². The second-order valence-corrected chi connectivity index (χ2v) is 6.88. The molecule has 7 heteroatoms. The number of carbonyl (C=O) groups excluding carboxylic acids is 2. The van der Waals surface area contributed by atoms with Gasteiger partial charge in [-0.25, -0.2) is 9.78 Å². The maximum atomic E-state index is 13.3. The number of aromatic nitrogens is 2. The van der Waals surface area contributed by atoms with Crippen LogP contribution in [0.25, 0.3) is 5.69 Å². The summed E-state index contributed by atoms with van der Waals surface area (Å²) in [5.74, 6) is -0.652. The third kappa shape index (κ3) is 3.27. The van der Waals surface area contributed by atoms with Crippen molar-refractivity contribution in [2.24, 2.45) is 0 Å². The van der Waals surface area contributed by atoms with Crippen molar-refractivity contribution >= 4 is 23.5 Å². The number of benzene rings is 2. The molecule has 4 rings (SSSR count). The van der Waals surface area contributed by atoms with Gasteiger partial charge in [0.2, 0.25) is 0 Å². The molecule has 2 aromatic carbocycles. The molecule has 1 amide bonds. The van der Waals surface area contributed by atoms with Crippen LogP contribution in [0.15, 0.2) is 54.9 Å². The van der Waals surface area contributed by atoms with E-state index in [1.54, 1.807) is 40.9 Å². The second kappa shape index (κ2) is 7.48. The van der Waals surface area contributed by atoms with Crippen LogP contribution < -0.4 is 0 Å². The number of hydrogen-bond acceptors (Lipinski definition) is 4. The van der Waals surface area contributed by atoms with Crippen molar-refractivity contribution in [3.05, 3.63) is 82.4 Å². The molecule has 0 saturated carbocycles. The van der Waals surface area contributed by atoms with E-state index in [-0.39, 0.29) is 24.8 Å². The molecule has 0 bridgehead atoms. The minimum Gasteiger partial charge on any atom is -0.461 e. The molecule has 1 aromatic heterocycles. The summed E-state index contributed by atoms with van der Waals surface area (Å²) < 4.78 is 6.91. The lowest BCUT2D eigenvalue weighted by Gasteiger charge is -2.21. The summed E-state index contributed by atoms with van der Waals surface area (Å²) in [6.07, 6.45) is 1.55. The molecule has 28 heavy (non-hydrogen) atoms. The minimum atomic E-state index is -0.499. The highest BCUT2D eigenvalue weighted by atomic mass is 35.5. The lowest BCUT2D eigenvalue weighted by atomic mass is 10.1. The molecule has 0 aliphatic carbocycles. The summed E-state index contributed by atoms with van der Waals surface area (Å²) in [4.78, 5) is 31.6. The summed E-state index contributed by atoms with van der Waals surface area (Å²) in [7, 11) is 0. The fraction of sp³-hybridized carbons (Fsp3) is 0.190. The Morgan fingerprint density at radius 3 is 2.75 bits per heavy atom. The quantitative estimate of drug-likeness (QED) is 0.629. The van der Waals surface area contributed by atoms with Crippen LogP contribution in [-0.2, 0) is 17.8 Å². The molecule has 2 heterocycles. The van der Waals surface area contributed by atoms with Crippen LogP contribution in [0.2, 0.25) is 5.02 Å². The normalized spacial score (nSPS) is 12.9. The maximum absolute atomic E-state index is 13.3. The third-order valence-electron chi connectivity index (χ3n) is 4.63. The minimum absolute atomic E-state index is 0.153.